The molecule has 1 heterocycles. The fraction of sp³-hybridized carbons (Fsp3) is 0. The van der Waals surface area contributed by atoms with Crippen molar-refractivity contribution in [1.29, 1.82) is 0 Å². The summed E-state index contributed by atoms with van der Waals surface area (Å²) in [6.07, 6.45) is 0. The first-order valence-corrected chi connectivity index (χ1v) is 16.5. The zero-order valence-corrected chi connectivity index (χ0v) is 25.9. The van der Waals surface area contributed by atoms with Crippen LogP contribution < -0.4 is 4.90 Å². The van der Waals surface area contributed by atoms with E-state index >= 15 is 0 Å². The Morgan fingerprint density at radius 1 is 0.348 bits per heavy atom. The Balaban J connectivity index is 1.22. The van der Waals surface area contributed by atoms with Gasteiger partial charge >= 0.3 is 0 Å². The van der Waals surface area contributed by atoms with Gasteiger partial charge in [0.25, 0.3) is 0 Å². The van der Waals surface area contributed by atoms with Crippen molar-refractivity contribution in [2.24, 2.45) is 0 Å². The molecule has 0 N–H and O–H groups in total. The third-order valence-electron chi connectivity index (χ3n) is 9.04. The molecule has 1 nitrogen and oxygen atoms in total. The van der Waals surface area contributed by atoms with Crippen molar-refractivity contribution in [2.45, 2.75) is 0 Å². The van der Waals surface area contributed by atoms with Crippen LogP contribution in [-0.2, 0) is 0 Å². The molecular formula is C44H29NS. The molecule has 0 aliphatic heterocycles. The van der Waals surface area contributed by atoms with Crippen LogP contribution in [0.15, 0.2) is 176 Å². The van der Waals surface area contributed by atoms with Crippen LogP contribution in [0.3, 0.4) is 0 Å². The van der Waals surface area contributed by atoms with Gasteiger partial charge in [0.15, 0.2) is 0 Å². The normalized spacial score (nSPS) is 11.5. The van der Waals surface area contributed by atoms with Gasteiger partial charge in [0.05, 0.1) is 5.69 Å². The second-order valence-corrected chi connectivity index (χ2v) is 12.9. The summed E-state index contributed by atoms with van der Waals surface area (Å²) in [6, 6.07) is 64.0. The SMILES string of the molecule is c1ccc(-c2ccccc2N(c2ccccc2)c2ccc3sc4ccc(-c5ccc6ccc7ccccc7c6c5)cc4c3c2)cc1. The molecule has 0 amide bonds. The minimum atomic E-state index is 1.13. The van der Waals surface area contributed by atoms with Gasteiger partial charge in [0.2, 0.25) is 0 Å². The minimum absolute atomic E-state index is 1.13. The lowest BCUT2D eigenvalue weighted by Crippen LogP contribution is -2.11. The van der Waals surface area contributed by atoms with Crippen LogP contribution in [0, 0.1) is 0 Å². The molecule has 1 aromatic heterocycles. The van der Waals surface area contributed by atoms with E-state index in [-0.39, 0.29) is 0 Å². The average molecular weight is 604 g/mol. The lowest BCUT2D eigenvalue weighted by Gasteiger charge is -2.28. The highest BCUT2D eigenvalue weighted by Gasteiger charge is 2.18. The summed E-state index contributed by atoms with van der Waals surface area (Å²) in [5.74, 6) is 0. The molecule has 2 heteroatoms. The number of rotatable bonds is 5. The van der Waals surface area contributed by atoms with Gasteiger partial charge in [0, 0.05) is 37.1 Å². The molecule has 46 heavy (non-hydrogen) atoms. The third-order valence-corrected chi connectivity index (χ3v) is 10.2. The van der Waals surface area contributed by atoms with Crippen LogP contribution in [0.25, 0.3) is 64.0 Å². The lowest BCUT2D eigenvalue weighted by molar-refractivity contribution is 1.29. The quantitative estimate of drug-likeness (QED) is 0.177. The molecule has 9 rings (SSSR count). The molecule has 0 aliphatic rings. The summed E-state index contributed by atoms with van der Waals surface area (Å²) in [7, 11) is 0. The topological polar surface area (TPSA) is 3.24 Å². The van der Waals surface area contributed by atoms with Gasteiger partial charge in [-0.25, -0.2) is 0 Å². The van der Waals surface area contributed by atoms with Crippen LogP contribution in [0.4, 0.5) is 17.1 Å². The summed E-state index contributed by atoms with van der Waals surface area (Å²) in [5.41, 5.74) is 8.31. The summed E-state index contributed by atoms with van der Waals surface area (Å²) in [6.45, 7) is 0. The minimum Gasteiger partial charge on any atom is -0.310 e. The van der Waals surface area contributed by atoms with Crippen molar-refractivity contribution >= 4 is 70.1 Å². The predicted octanol–water partition coefficient (Wildman–Crippen LogP) is 13.2. The summed E-state index contributed by atoms with van der Waals surface area (Å²) < 4.78 is 2.60. The van der Waals surface area contributed by atoms with E-state index < -0.39 is 0 Å². The predicted molar refractivity (Wildman–Crippen MR) is 200 cm³/mol. The molecule has 0 unspecified atom stereocenters. The van der Waals surface area contributed by atoms with E-state index in [1.54, 1.807) is 0 Å². The fourth-order valence-electron chi connectivity index (χ4n) is 6.80. The van der Waals surface area contributed by atoms with Gasteiger partial charge in [0.1, 0.15) is 0 Å². The zero-order valence-electron chi connectivity index (χ0n) is 25.1. The van der Waals surface area contributed by atoms with Crippen molar-refractivity contribution in [3.05, 3.63) is 176 Å². The number of hydrogen-bond acceptors (Lipinski definition) is 2. The first-order valence-electron chi connectivity index (χ1n) is 15.7. The molecule has 0 atom stereocenters. The Hall–Kier alpha value is -5.70. The van der Waals surface area contributed by atoms with Crippen molar-refractivity contribution in [2.75, 3.05) is 4.90 Å². The highest BCUT2D eigenvalue weighted by molar-refractivity contribution is 7.25. The number of anilines is 3. The largest absolute Gasteiger partial charge is 0.310 e. The Bertz CT molecular complexity index is 2530. The van der Waals surface area contributed by atoms with Crippen LogP contribution in [0.2, 0.25) is 0 Å². The van der Waals surface area contributed by atoms with E-state index in [9.17, 15) is 0 Å². The molecule has 0 bridgehead atoms. The smallest absolute Gasteiger partial charge is 0.0540 e. The standard InChI is InChI=1S/C44H29NS/c1-3-11-30(12-4-1)38-17-9-10-18-42(38)45(35-14-5-2-6-15-35)36-24-26-44-41(29-36)40-28-34(23-25-43(40)46-44)33-22-21-32-20-19-31-13-7-8-16-37(31)39(32)27-33/h1-29H. The van der Waals surface area contributed by atoms with Crippen LogP contribution in [0.5, 0.6) is 0 Å². The van der Waals surface area contributed by atoms with Crippen molar-refractivity contribution in [3.63, 3.8) is 0 Å². The maximum absolute atomic E-state index is 2.39. The Labute approximate surface area is 272 Å². The van der Waals surface area contributed by atoms with Gasteiger partial charge in [-0.1, -0.05) is 121 Å². The first-order chi connectivity index (χ1) is 22.8. The Kier molecular flexibility index (Phi) is 6.40. The van der Waals surface area contributed by atoms with E-state index in [0.29, 0.717) is 0 Å². The van der Waals surface area contributed by atoms with Crippen molar-refractivity contribution in [1.82, 2.24) is 0 Å². The second-order valence-electron chi connectivity index (χ2n) is 11.8. The van der Waals surface area contributed by atoms with Gasteiger partial charge < -0.3 is 4.90 Å². The van der Waals surface area contributed by atoms with Gasteiger partial charge in [-0.3, -0.25) is 0 Å². The summed E-state index contributed by atoms with van der Waals surface area (Å²) in [5, 5.41) is 7.71. The molecule has 216 valence electrons. The number of benzene rings is 8. The molecule has 0 fully saturated rings. The number of fused-ring (bicyclic) bond motifs is 6. The number of thiophene rings is 1. The molecule has 0 saturated heterocycles. The van der Waals surface area contributed by atoms with E-state index in [2.05, 4.69) is 181 Å². The monoisotopic (exact) mass is 603 g/mol. The maximum atomic E-state index is 2.39. The van der Waals surface area contributed by atoms with Gasteiger partial charge in [-0.15, -0.1) is 11.3 Å². The van der Waals surface area contributed by atoms with Crippen molar-refractivity contribution in [3.8, 4) is 22.3 Å². The third kappa shape index (κ3) is 4.54. The van der Waals surface area contributed by atoms with Crippen LogP contribution in [0.1, 0.15) is 0 Å². The number of para-hydroxylation sites is 2. The molecule has 0 saturated carbocycles. The molecule has 9 aromatic rings. The van der Waals surface area contributed by atoms with Crippen LogP contribution >= 0.6 is 11.3 Å². The van der Waals surface area contributed by atoms with E-state index in [1.807, 2.05) is 11.3 Å². The molecule has 8 aromatic carbocycles. The fourth-order valence-corrected chi connectivity index (χ4v) is 7.87. The highest BCUT2D eigenvalue weighted by Crippen LogP contribution is 2.44. The van der Waals surface area contributed by atoms with Crippen LogP contribution in [-0.4, -0.2) is 0 Å². The zero-order chi connectivity index (χ0) is 30.5. The van der Waals surface area contributed by atoms with Gasteiger partial charge in [-0.2, -0.15) is 0 Å². The van der Waals surface area contributed by atoms with Gasteiger partial charge in [-0.05, 0) is 92.8 Å². The van der Waals surface area contributed by atoms with E-state index in [4.69, 9.17) is 0 Å². The number of hydrogen-bond donors (Lipinski definition) is 0. The molecule has 0 aliphatic carbocycles. The number of nitrogens with zero attached hydrogens (tertiary/aromatic N) is 1. The first kappa shape index (κ1) is 26.7. The van der Waals surface area contributed by atoms with E-state index in [0.717, 1.165) is 17.1 Å². The Morgan fingerprint density at radius 2 is 0.935 bits per heavy atom. The molecular weight excluding hydrogens is 575 g/mol. The van der Waals surface area contributed by atoms with E-state index in [1.165, 1.54) is 64.0 Å². The molecule has 0 spiro atoms. The average Bonchev–Trinajstić information content (AvgIpc) is 3.50. The Morgan fingerprint density at radius 3 is 1.76 bits per heavy atom. The lowest BCUT2D eigenvalue weighted by atomic mass is 9.96. The van der Waals surface area contributed by atoms with Crippen molar-refractivity contribution < 1.29 is 0 Å². The second kappa shape index (κ2) is 11.0. The maximum Gasteiger partial charge on any atom is 0.0540 e. The molecule has 0 radical (unpaired) electrons. The highest BCUT2D eigenvalue weighted by atomic mass is 32.1. The summed E-state index contributed by atoms with van der Waals surface area (Å²) in [4.78, 5) is 2.39. The summed E-state index contributed by atoms with van der Waals surface area (Å²) >= 11 is 1.86.